The van der Waals surface area contributed by atoms with Gasteiger partial charge in [-0.05, 0) is 6.54 Å². The third kappa shape index (κ3) is 4.07. The van der Waals surface area contributed by atoms with E-state index < -0.39 is 0 Å². The van der Waals surface area contributed by atoms with Crippen LogP contribution in [0.2, 0.25) is 0 Å². The molecule has 3 heterocycles. The highest BCUT2D eigenvalue weighted by atomic mass is 16.5. The molecule has 0 amide bonds. The summed E-state index contributed by atoms with van der Waals surface area (Å²) in [6.45, 7) is 13.0. The van der Waals surface area contributed by atoms with Crippen molar-refractivity contribution in [2.24, 2.45) is 7.05 Å². The predicted molar refractivity (Wildman–Crippen MR) is 86.8 cm³/mol. The Balaban J connectivity index is 1.41. The highest BCUT2D eigenvalue weighted by Gasteiger charge is 2.24. The SMILES string of the molecule is CCN1CCO[C@@H](CN2CCN(Cc3nccn3C)CC2)C1. The summed E-state index contributed by atoms with van der Waals surface area (Å²) in [7, 11) is 2.07. The smallest absolute Gasteiger partial charge is 0.122 e. The first kappa shape index (κ1) is 15.9. The van der Waals surface area contributed by atoms with Crippen molar-refractivity contribution in [1.82, 2.24) is 24.3 Å². The minimum absolute atomic E-state index is 0.384. The zero-order valence-electron chi connectivity index (χ0n) is 13.9. The van der Waals surface area contributed by atoms with Crippen LogP contribution >= 0.6 is 0 Å². The minimum Gasteiger partial charge on any atom is -0.374 e. The molecule has 6 nitrogen and oxygen atoms in total. The van der Waals surface area contributed by atoms with Crippen molar-refractivity contribution in [3.63, 3.8) is 0 Å². The van der Waals surface area contributed by atoms with Gasteiger partial charge in [0.25, 0.3) is 0 Å². The summed E-state index contributed by atoms with van der Waals surface area (Å²) >= 11 is 0. The number of ether oxygens (including phenoxy) is 1. The minimum atomic E-state index is 0.384. The first-order chi connectivity index (χ1) is 10.7. The van der Waals surface area contributed by atoms with Gasteiger partial charge >= 0.3 is 0 Å². The number of hydrogen-bond donors (Lipinski definition) is 0. The van der Waals surface area contributed by atoms with E-state index in [9.17, 15) is 0 Å². The normalized spacial score (nSPS) is 25.6. The lowest BCUT2D eigenvalue weighted by molar-refractivity contribution is -0.0471. The number of piperazine rings is 1. The van der Waals surface area contributed by atoms with Gasteiger partial charge in [0.2, 0.25) is 0 Å². The summed E-state index contributed by atoms with van der Waals surface area (Å²) < 4.78 is 8.04. The van der Waals surface area contributed by atoms with E-state index >= 15 is 0 Å². The molecule has 6 heteroatoms. The fourth-order valence-corrected chi connectivity index (χ4v) is 3.34. The van der Waals surface area contributed by atoms with Crippen LogP contribution in [0.5, 0.6) is 0 Å². The van der Waals surface area contributed by atoms with E-state index in [0.29, 0.717) is 6.10 Å². The van der Waals surface area contributed by atoms with Crippen LogP contribution in [0.1, 0.15) is 12.7 Å². The number of likely N-dealkylation sites (N-methyl/N-ethyl adjacent to an activating group) is 1. The zero-order chi connectivity index (χ0) is 15.4. The van der Waals surface area contributed by atoms with Gasteiger partial charge in [0, 0.05) is 65.3 Å². The Kier molecular flexibility index (Phi) is 5.46. The van der Waals surface area contributed by atoms with E-state index in [2.05, 4.69) is 38.2 Å². The van der Waals surface area contributed by atoms with Gasteiger partial charge in [-0.3, -0.25) is 14.7 Å². The number of aryl methyl sites for hydroxylation is 1. The topological polar surface area (TPSA) is 36.8 Å². The lowest BCUT2D eigenvalue weighted by atomic mass is 10.2. The van der Waals surface area contributed by atoms with Gasteiger partial charge in [-0.15, -0.1) is 0 Å². The number of rotatable bonds is 5. The molecule has 0 aromatic carbocycles. The van der Waals surface area contributed by atoms with E-state index in [0.717, 1.165) is 71.3 Å². The molecule has 2 aliphatic rings. The molecule has 1 atom stereocenters. The molecule has 0 radical (unpaired) electrons. The van der Waals surface area contributed by atoms with Crippen LogP contribution in [0.25, 0.3) is 0 Å². The molecule has 0 aliphatic carbocycles. The summed E-state index contributed by atoms with van der Waals surface area (Å²) in [4.78, 5) is 12.0. The van der Waals surface area contributed by atoms with E-state index in [1.54, 1.807) is 0 Å². The Labute approximate surface area is 133 Å². The van der Waals surface area contributed by atoms with Gasteiger partial charge in [0.1, 0.15) is 5.82 Å². The lowest BCUT2D eigenvalue weighted by Gasteiger charge is -2.39. The van der Waals surface area contributed by atoms with Crippen LogP contribution in [0.3, 0.4) is 0 Å². The van der Waals surface area contributed by atoms with Crippen LogP contribution in [0.4, 0.5) is 0 Å². The molecule has 0 spiro atoms. The maximum Gasteiger partial charge on any atom is 0.122 e. The highest BCUT2D eigenvalue weighted by Crippen LogP contribution is 2.11. The molecule has 1 aromatic heterocycles. The first-order valence-electron chi connectivity index (χ1n) is 8.49. The van der Waals surface area contributed by atoms with Crippen LogP contribution in [-0.2, 0) is 18.3 Å². The second-order valence-corrected chi connectivity index (χ2v) is 6.42. The standard InChI is InChI=1S/C16H29N5O/c1-3-19-10-11-22-15(12-19)13-20-6-8-21(9-7-20)14-16-17-4-5-18(16)2/h4-5,15H,3,6-14H2,1-2H3/t15-/m1/s1. The van der Waals surface area contributed by atoms with Crippen molar-refractivity contribution in [1.29, 1.82) is 0 Å². The van der Waals surface area contributed by atoms with Crippen molar-refractivity contribution in [3.05, 3.63) is 18.2 Å². The summed E-state index contributed by atoms with van der Waals surface area (Å²) in [5.41, 5.74) is 0. The van der Waals surface area contributed by atoms with Gasteiger partial charge in [0.15, 0.2) is 0 Å². The fraction of sp³-hybridized carbons (Fsp3) is 0.812. The second-order valence-electron chi connectivity index (χ2n) is 6.42. The highest BCUT2D eigenvalue weighted by molar-refractivity contribution is 4.92. The van der Waals surface area contributed by atoms with Crippen molar-refractivity contribution >= 4 is 0 Å². The lowest BCUT2D eigenvalue weighted by Crippen LogP contribution is -2.52. The summed E-state index contributed by atoms with van der Waals surface area (Å²) in [6, 6.07) is 0. The largest absolute Gasteiger partial charge is 0.374 e. The number of morpholine rings is 1. The van der Waals surface area contributed by atoms with Gasteiger partial charge in [-0.25, -0.2) is 4.98 Å². The van der Waals surface area contributed by atoms with Crippen LogP contribution in [0, 0.1) is 0 Å². The maximum atomic E-state index is 5.93. The second kappa shape index (κ2) is 7.55. The van der Waals surface area contributed by atoms with Gasteiger partial charge in [-0.1, -0.05) is 6.92 Å². The molecule has 2 fully saturated rings. The first-order valence-corrected chi connectivity index (χ1v) is 8.49. The number of hydrogen-bond acceptors (Lipinski definition) is 5. The third-order valence-electron chi connectivity index (χ3n) is 4.88. The van der Waals surface area contributed by atoms with E-state index in [-0.39, 0.29) is 0 Å². The maximum absolute atomic E-state index is 5.93. The number of aromatic nitrogens is 2. The molecule has 0 saturated carbocycles. The van der Waals surface area contributed by atoms with Gasteiger partial charge in [-0.2, -0.15) is 0 Å². The molecule has 124 valence electrons. The fourth-order valence-electron chi connectivity index (χ4n) is 3.34. The molecule has 2 aliphatic heterocycles. The molecular formula is C16H29N5O. The monoisotopic (exact) mass is 307 g/mol. The summed E-state index contributed by atoms with van der Waals surface area (Å²) in [6.07, 6.45) is 4.28. The Morgan fingerprint density at radius 1 is 1.14 bits per heavy atom. The van der Waals surface area contributed by atoms with E-state index in [1.165, 1.54) is 0 Å². The van der Waals surface area contributed by atoms with Crippen LogP contribution in [-0.4, -0.2) is 89.3 Å². The Morgan fingerprint density at radius 3 is 2.59 bits per heavy atom. The number of imidazole rings is 1. The van der Waals surface area contributed by atoms with E-state index in [4.69, 9.17) is 4.74 Å². The van der Waals surface area contributed by atoms with Crippen molar-refractivity contribution < 1.29 is 4.74 Å². The molecule has 0 bridgehead atoms. The average Bonchev–Trinajstić information content (AvgIpc) is 2.94. The van der Waals surface area contributed by atoms with Crippen molar-refractivity contribution in [3.8, 4) is 0 Å². The Morgan fingerprint density at radius 2 is 1.91 bits per heavy atom. The Hall–Kier alpha value is -0.950. The molecule has 22 heavy (non-hydrogen) atoms. The quantitative estimate of drug-likeness (QED) is 0.780. The average molecular weight is 307 g/mol. The van der Waals surface area contributed by atoms with E-state index in [1.807, 2.05) is 12.4 Å². The van der Waals surface area contributed by atoms with Crippen LogP contribution < -0.4 is 0 Å². The molecule has 3 rings (SSSR count). The molecule has 1 aromatic rings. The van der Waals surface area contributed by atoms with Gasteiger partial charge in [0.05, 0.1) is 19.3 Å². The predicted octanol–water partition coefficient (Wildman–Crippen LogP) is 0.258. The van der Waals surface area contributed by atoms with Crippen molar-refractivity contribution in [2.75, 3.05) is 59.0 Å². The van der Waals surface area contributed by atoms with Gasteiger partial charge < -0.3 is 9.30 Å². The third-order valence-corrected chi connectivity index (χ3v) is 4.88. The Bertz CT molecular complexity index is 455. The summed E-state index contributed by atoms with van der Waals surface area (Å²) in [5.74, 6) is 1.16. The zero-order valence-corrected chi connectivity index (χ0v) is 13.9. The van der Waals surface area contributed by atoms with Crippen molar-refractivity contribution in [2.45, 2.75) is 19.6 Å². The molecular weight excluding hydrogens is 278 g/mol. The molecule has 2 saturated heterocycles. The molecule has 0 unspecified atom stereocenters. The molecule has 0 N–H and O–H groups in total. The van der Waals surface area contributed by atoms with Crippen LogP contribution in [0.15, 0.2) is 12.4 Å². The number of nitrogens with zero attached hydrogens (tertiary/aromatic N) is 5. The summed E-state index contributed by atoms with van der Waals surface area (Å²) in [5, 5.41) is 0.